The number of aryl methyl sites for hydroxylation is 1. The Bertz CT molecular complexity index is 493. The van der Waals surface area contributed by atoms with Crippen molar-refractivity contribution in [2.45, 2.75) is 26.4 Å². The maximum Gasteiger partial charge on any atom is 0.138 e. The lowest BCUT2D eigenvalue weighted by molar-refractivity contribution is 0.167. The first-order chi connectivity index (χ1) is 7.15. The van der Waals surface area contributed by atoms with Gasteiger partial charge in [0.2, 0.25) is 0 Å². The van der Waals surface area contributed by atoms with E-state index in [1.165, 1.54) is 0 Å². The topological polar surface area (TPSA) is 37.5 Å². The molecule has 3 nitrogen and oxygen atoms in total. The van der Waals surface area contributed by atoms with Gasteiger partial charge in [0.1, 0.15) is 10.8 Å². The van der Waals surface area contributed by atoms with E-state index in [0.29, 0.717) is 11.6 Å². The van der Waals surface area contributed by atoms with Gasteiger partial charge in [-0.3, -0.25) is 4.40 Å². The quantitative estimate of drug-likeness (QED) is 0.797. The van der Waals surface area contributed by atoms with Crippen LogP contribution in [0.5, 0.6) is 0 Å². The first-order valence-corrected chi connectivity index (χ1v) is 5.34. The van der Waals surface area contributed by atoms with E-state index >= 15 is 0 Å². The molecule has 15 heavy (non-hydrogen) atoms. The average Bonchev–Trinajstić information content (AvgIpc) is 2.55. The minimum atomic E-state index is -0.514. The third-order valence-corrected chi connectivity index (χ3v) is 2.81. The van der Waals surface area contributed by atoms with Crippen LogP contribution in [0.3, 0.4) is 0 Å². The molecular weight excluding hydrogens is 212 g/mol. The molecule has 1 atom stereocenters. The number of rotatable bonds is 2. The zero-order chi connectivity index (χ0) is 11.0. The largest absolute Gasteiger partial charge is 0.387 e. The highest BCUT2D eigenvalue weighted by Gasteiger charge is 2.16. The Hall–Kier alpha value is -1.06. The van der Waals surface area contributed by atoms with Crippen LogP contribution in [0.15, 0.2) is 18.2 Å². The van der Waals surface area contributed by atoms with Crippen LogP contribution in [0, 0.1) is 6.92 Å². The standard InChI is InChI=1S/C11H13ClN2O/c1-3-8(15)11-7(2)13-10-6-4-5-9(12)14(10)11/h4-6,8,15H,3H2,1-2H3. The molecule has 2 heterocycles. The number of halogens is 1. The third kappa shape index (κ3) is 1.62. The molecule has 0 fully saturated rings. The highest BCUT2D eigenvalue weighted by atomic mass is 35.5. The van der Waals surface area contributed by atoms with Crippen molar-refractivity contribution in [1.29, 1.82) is 0 Å². The van der Waals surface area contributed by atoms with Crippen LogP contribution >= 0.6 is 11.6 Å². The highest BCUT2D eigenvalue weighted by molar-refractivity contribution is 6.29. The Morgan fingerprint density at radius 1 is 1.53 bits per heavy atom. The van der Waals surface area contributed by atoms with E-state index in [-0.39, 0.29) is 0 Å². The van der Waals surface area contributed by atoms with E-state index in [4.69, 9.17) is 11.6 Å². The molecule has 0 aliphatic carbocycles. The Morgan fingerprint density at radius 2 is 2.27 bits per heavy atom. The van der Waals surface area contributed by atoms with Crippen LogP contribution in [0.2, 0.25) is 5.15 Å². The van der Waals surface area contributed by atoms with E-state index < -0.39 is 6.10 Å². The molecule has 0 aromatic carbocycles. The molecule has 0 saturated heterocycles. The van der Waals surface area contributed by atoms with Gasteiger partial charge >= 0.3 is 0 Å². The van der Waals surface area contributed by atoms with Crippen molar-refractivity contribution in [3.05, 3.63) is 34.7 Å². The summed E-state index contributed by atoms with van der Waals surface area (Å²) in [5, 5.41) is 10.5. The highest BCUT2D eigenvalue weighted by Crippen LogP contribution is 2.25. The maximum atomic E-state index is 9.90. The van der Waals surface area contributed by atoms with Crippen molar-refractivity contribution in [3.63, 3.8) is 0 Å². The number of imidazole rings is 1. The second kappa shape index (κ2) is 3.83. The minimum Gasteiger partial charge on any atom is -0.387 e. The summed E-state index contributed by atoms with van der Waals surface area (Å²) in [6.45, 7) is 3.82. The van der Waals surface area contributed by atoms with Gasteiger partial charge in [-0.05, 0) is 25.5 Å². The summed E-state index contributed by atoms with van der Waals surface area (Å²) in [6.07, 6.45) is 0.139. The van der Waals surface area contributed by atoms with E-state index in [9.17, 15) is 5.11 Å². The summed E-state index contributed by atoms with van der Waals surface area (Å²) in [6, 6.07) is 5.53. The Balaban J connectivity index is 2.76. The molecule has 0 aliphatic rings. The molecule has 2 aromatic heterocycles. The maximum absolute atomic E-state index is 9.90. The van der Waals surface area contributed by atoms with Gasteiger partial charge in [0, 0.05) is 0 Å². The molecule has 80 valence electrons. The Morgan fingerprint density at radius 3 is 2.93 bits per heavy atom. The number of aromatic nitrogens is 2. The molecule has 0 spiro atoms. The lowest BCUT2D eigenvalue weighted by atomic mass is 10.2. The van der Waals surface area contributed by atoms with Gasteiger partial charge in [-0.15, -0.1) is 0 Å². The molecule has 0 amide bonds. The number of hydrogen-bond donors (Lipinski definition) is 1. The number of nitrogens with zero attached hydrogens (tertiary/aromatic N) is 2. The summed E-state index contributed by atoms with van der Waals surface area (Å²) >= 11 is 6.09. The van der Waals surface area contributed by atoms with Gasteiger partial charge in [0.25, 0.3) is 0 Å². The molecule has 2 rings (SSSR count). The number of aliphatic hydroxyl groups excluding tert-OH is 1. The van der Waals surface area contributed by atoms with Crippen molar-refractivity contribution < 1.29 is 5.11 Å². The summed E-state index contributed by atoms with van der Waals surface area (Å²) in [5.41, 5.74) is 2.40. The lowest BCUT2D eigenvalue weighted by Crippen LogP contribution is -2.02. The van der Waals surface area contributed by atoms with E-state index in [1.807, 2.05) is 26.0 Å². The SMILES string of the molecule is CCC(O)c1c(C)nc2cccc(Cl)n12. The number of aliphatic hydroxyl groups is 1. The fraction of sp³-hybridized carbons (Fsp3) is 0.364. The summed E-state index contributed by atoms with van der Waals surface area (Å²) < 4.78 is 1.80. The number of fused-ring (bicyclic) bond motifs is 1. The van der Waals surface area contributed by atoms with Gasteiger partial charge in [-0.1, -0.05) is 24.6 Å². The molecule has 2 aromatic rings. The van der Waals surface area contributed by atoms with Crippen LogP contribution in [0.25, 0.3) is 5.65 Å². The van der Waals surface area contributed by atoms with Crippen LogP contribution in [-0.4, -0.2) is 14.5 Å². The second-order valence-electron chi connectivity index (χ2n) is 3.55. The van der Waals surface area contributed by atoms with Gasteiger partial charge < -0.3 is 5.11 Å². The van der Waals surface area contributed by atoms with Gasteiger partial charge in [0.05, 0.1) is 17.5 Å². The van der Waals surface area contributed by atoms with Crippen LogP contribution in [0.1, 0.15) is 30.8 Å². The zero-order valence-electron chi connectivity index (χ0n) is 8.74. The monoisotopic (exact) mass is 224 g/mol. The fourth-order valence-corrected chi connectivity index (χ4v) is 2.02. The van der Waals surface area contributed by atoms with Crippen LogP contribution < -0.4 is 0 Å². The molecule has 0 saturated carbocycles. The van der Waals surface area contributed by atoms with E-state index in [2.05, 4.69) is 4.98 Å². The van der Waals surface area contributed by atoms with E-state index in [0.717, 1.165) is 17.0 Å². The first-order valence-electron chi connectivity index (χ1n) is 4.96. The van der Waals surface area contributed by atoms with Crippen molar-refractivity contribution in [2.24, 2.45) is 0 Å². The molecule has 0 aliphatic heterocycles. The second-order valence-corrected chi connectivity index (χ2v) is 3.94. The molecule has 1 N–H and O–H groups in total. The van der Waals surface area contributed by atoms with Gasteiger partial charge in [0.15, 0.2) is 0 Å². The van der Waals surface area contributed by atoms with Crippen LogP contribution in [0.4, 0.5) is 0 Å². The molecular formula is C11H13ClN2O. The first kappa shape index (κ1) is 10.5. The van der Waals surface area contributed by atoms with Gasteiger partial charge in [-0.25, -0.2) is 4.98 Å². The van der Waals surface area contributed by atoms with Crippen molar-refractivity contribution in [2.75, 3.05) is 0 Å². The Kier molecular flexibility index (Phi) is 2.67. The summed E-state index contributed by atoms with van der Waals surface area (Å²) in [5.74, 6) is 0. The predicted molar refractivity (Wildman–Crippen MR) is 60.2 cm³/mol. The average molecular weight is 225 g/mol. The van der Waals surface area contributed by atoms with Crippen LogP contribution in [-0.2, 0) is 0 Å². The summed E-state index contributed by atoms with van der Waals surface area (Å²) in [4.78, 5) is 4.36. The normalized spacial score (nSPS) is 13.3. The molecule has 1 unspecified atom stereocenters. The van der Waals surface area contributed by atoms with Crippen molar-refractivity contribution >= 4 is 17.2 Å². The predicted octanol–water partition coefficient (Wildman–Crippen LogP) is 2.74. The van der Waals surface area contributed by atoms with E-state index in [1.54, 1.807) is 10.5 Å². The summed E-state index contributed by atoms with van der Waals surface area (Å²) in [7, 11) is 0. The number of pyridine rings is 1. The number of hydrogen-bond acceptors (Lipinski definition) is 2. The third-order valence-electron chi connectivity index (χ3n) is 2.52. The minimum absolute atomic E-state index is 0.514. The molecule has 0 radical (unpaired) electrons. The van der Waals surface area contributed by atoms with Crippen molar-refractivity contribution in [3.8, 4) is 0 Å². The molecule has 0 bridgehead atoms. The smallest absolute Gasteiger partial charge is 0.138 e. The van der Waals surface area contributed by atoms with Gasteiger partial charge in [-0.2, -0.15) is 0 Å². The zero-order valence-corrected chi connectivity index (χ0v) is 9.49. The fourth-order valence-electron chi connectivity index (χ4n) is 1.77. The lowest BCUT2D eigenvalue weighted by Gasteiger charge is -2.09. The van der Waals surface area contributed by atoms with Crippen molar-refractivity contribution in [1.82, 2.24) is 9.38 Å². The molecule has 4 heteroatoms. The Labute approximate surface area is 93.3 Å².